The lowest BCUT2D eigenvalue weighted by molar-refractivity contribution is 0.311. The largest absolute Gasteiger partial charge is 0.490 e. The number of fused-ring (bicyclic) bond motifs is 2. The molecule has 0 aromatic heterocycles. The normalized spacial score (nSPS) is 19.7. The Morgan fingerprint density at radius 3 is 2.75 bits per heavy atom. The van der Waals surface area contributed by atoms with Gasteiger partial charge in [0.2, 0.25) is 0 Å². The third kappa shape index (κ3) is 2.24. The molecule has 0 spiro atoms. The maximum Gasteiger partial charge on any atom is 0.264 e. The van der Waals surface area contributed by atoms with Crippen LogP contribution in [0.5, 0.6) is 5.75 Å². The molecule has 1 unspecified atom stereocenters. The second-order valence-electron chi connectivity index (χ2n) is 6.38. The molecule has 2 aliphatic rings. The van der Waals surface area contributed by atoms with Crippen molar-refractivity contribution in [1.82, 2.24) is 0 Å². The van der Waals surface area contributed by atoms with Gasteiger partial charge in [-0.25, -0.2) is 8.42 Å². The molecule has 5 nitrogen and oxygen atoms in total. The zero-order chi connectivity index (χ0) is 16.9. The molecule has 2 aliphatic heterocycles. The van der Waals surface area contributed by atoms with Crippen molar-refractivity contribution in [3.05, 3.63) is 48.0 Å². The van der Waals surface area contributed by atoms with E-state index in [9.17, 15) is 8.42 Å². The minimum atomic E-state index is -3.61. The number of rotatable bonds is 2. The molecule has 0 saturated carbocycles. The van der Waals surface area contributed by atoms with Gasteiger partial charge in [-0.15, -0.1) is 0 Å². The molecular formula is C18H20N2O3S. The van der Waals surface area contributed by atoms with Crippen LogP contribution < -0.4 is 13.9 Å². The number of ether oxygens (including phenoxy) is 1. The fourth-order valence-electron chi connectivity index (χ4n) is 3.51. The van der Waals surface area contributed by atoms with Gasteiger partial charge in [0.25, 0.3) is 10.0 Å². The van der Waals surface area contributed by atoms with Crippen LogP contribution in [0.15, 0.2) is 47.4 Å². The van der Waals surface area contributed by atoms with E-state index in [-0.39, 0.29) is 6.04 Å². The molecule has 24 heavy (non-hydrogen) atoms. The van der Waals surface area contributed by atoms with Gasteiger partial charge in [-0.2, -0.15) is 0 Å². The fourth-order valence-corrected chi connectivity index (χ4v) is 5.22. The number of benzene rings is 2. The second kappa shape index (κ2) is 5.41. The van der Waals surface area contributed by atoms with Gasteiger partial charge in [0, 0.05) is 13.1 Å². The van der Waals surface area contributed by atoms with E-state index >= 15 is 0 Å². The van der Waals surface area contributed by atoms with Gasteiger partial charge < -0.3 is 9.64 Å². The van der Waals surface area contributed by atoms with Gasteiger partial charge in [-0.05, 0) is 43.2 Å². The van der Waals surface area contributed by atoms with Crippen molar-refractivity contribution in [2.24, 2.45) is 0 Å². The molecule has 6 heteroatoms. The van der Waals surface area contributed by atoms with Gasteiger partial charge in [-0.1, -0.05) is 18.2 Å². The van der Waals surface area contributed by atoms with Crippen molar-refractivity contribution in [3.8, 4) is 5.75 Å². The van der Waals surface area contributed by atoms with E-state index < -0.39 is 10.0 Å². The van der Waals surface area contributed by atoms with E-state index in [1.165, 1.54) is 0 Å². The molecule has 0 bridgehead atoms. The summed E-state index contributed by atoms with van der Waals surface area (Å²) in [6.07, 6.45) is 0.739. The number of hydrogen-bond acceptors (Lipinski definition) is 4. The third-order valence-corrected chi connectivity index (χ3v) is 6.65. The Labute approximate surface area is 142 Å². The Kier molecular flexibility index (Phi) is 3.46. The molecule has 2 aromatic carbocycles. The summed E-state index contributed by atoms with van der Waals surface area (Å²) in [6, 6.07) is 12.7. The first-order valence-electron chi connectivity index (χ1n) is 8.09. The minimum absolute atomic E-state index is 0.0857. The van der Waals surface area contributed by atoms with Crippen LogP contribution in [0.3, 0.4) is 0 Å². The topological polar surface area (TPSA) is 49.9 Å². The maximum absolute atomic E-state index is 13.3. The van der Waals surface area contributed by atoms with Crippen molar-refractivity contribution in [1.29, 1.82) is 0 Å². The van der Waals surface area contributed by atoms with Crippen LogP contribution in [0.4, 0.5) is 11.4 Å². The first-order chi connectivity index (χ1) is 11.5. The van der Waals surface area contributed by atoms with Crippen molar-refractivity contribution in [2.75, 3.05) is 29.4 Å². The monoisotopic (exact) mass is 344 g/mol. The van der Waals surface area contributed by atoms with Crippen molar-refractivity contribution >= 4 is 21.4 Å². The number of nitrogens with zero attached hydrogens (tertiary/aromatic N) is 2. The van der Waals surface area contributed by atoms with Crippen molar-refractivity contribution in [2.45, 2.75) is 24.3 Å². The molecular weight excluding hydrogens is 324 g/mol. The molecule has 0 aliphatic carbocycles. The summed E-state index contributed by atoms with van der Waals surface area (Å²) in [5.74, 6) is 0.734. The molecule has 2 aromatic rings. The van der Waals surface area contributed by atoms with E-state index in [0.717, 1.165) is 35.7 Å². The molecule has 1 atom stereocenters. The van der Waals surface area contributed by atoms with Crippen LogP contribution in [0.2, 0.25) is 0 Å². The molecule has 0 saturated heterocycles. The van der Waals surface area contributed by atoms with Crippen LogP contribution in [-0.2, 0) is 16.4 Å². The third-order valence-electron chi connectivity index (χ3n) is 4.73. The van der Waals surface area contributed by atoms with Gasteiger partial charge in [0.05, 0.1) is 22.8 Å². The smallest absolute Gasteiger partial charge is 0.264 e. The van der Waals surface area contributed by atoms with Crippen LogP contribution in [-0.4, -0.2) is 34.7 Å². The SMILES string of the molecule is CC1Cc2ccccc2N1S(=O)(=O)c1ccc2c(c1)N(C)CCO2. The van der Waals surface area contributed by atoms with Crippen LogP contribution in [0.1, 0.15) is 12.5 Å². The molecule has 0 amide bonds. The summed E-state index contributed by atoms with van der Waals surface area (Å²) >= 11 is 0. The summed E-state index contributed by atoms with van der Waals surface area (Å²) < 4.78 is 33.7. The first-order valence-corrected chi connectivity index (χ1v) is 9.53. The van der Waals surface area contributed by atoms with E-state index in [4.69, 9.17) is 4.74 Å². The van der Waals surface area contributed by atoms with E-state index in [1.54, 1.807) is 22.5 Å². The molecule has 4 rings (SSSR count). The summed E-state index contributed by atoms with van der Waals surface area (Å²) in [4.78, 5) is 2.33. The zero-order valence-corrected chi connectivity index (χ0v) is 14.6. The maximum atomic E-state index is 13.3. The standard InChI is InChI=1S/C18H20N2O3S/c1-13-11-14-5-3-4-6-16(14)20(13)24(21,22)15-7-8-18-17(12-15)19(2)9-10-23-18/h3-8,12-13H,9-11H2,1-2H3. The van der Waals surface area contributed by atoms with Crippen LogP contribution in [0.25, 0.3) is 0 Å². The van der Waals surface area contributed by atoms with E-state index in [2.05, 4.69) is 0 Å². The van der Waals surface area contributed by atoms with E-state index in [0.29, 0.717) is 11.5 Å². The van der Waals surface area contributed by atoms with E-state index in [1.807, 2.05) is 43.1 Å². The van der Waals surface area contributed by atoms with Crippen molar-refractivity contribution in [3.63, 3.8) is 0 Å². The molecule has 0 radical (unpaired) electrons. The molecule has 0 fully saturated rings. The summed E-state index contributed by atoms with van der Waals surface area (Å²) in [7, 11) is -1.66. The Morgan fingerprint density at radius 1 is 1.12 bits per heavy atom. The van der Waals surface area contributed by atoms with Gasteiger partial charge in [0.15, 0.2) is 0 Å². The first kappa shape index (κ1) is 15.3. The predicted octanol–water partition coefficient (Wildman–Crippen LogP) is 2.66. The lowest BCUT2D eigenvalue weighted by Gasteiger charge is -2.29. The lowest BCUT2D eigenvalue weighted by atomic mass is 10.1. The second-order valence-corrected chi connectivity index (χ2v) is 8.20. The van der Waals surface area contributed by atoms with Gasteiger partial charge in [0.1, 0.15) is 12.4 Å². The Bertz CT molecular complexity index is 895. The molecule has 0 N–H and O–H groups in total. The summed E-state index contributed by atoms with van der Waals surface area (Å²) in [5.41, 5.74) is 2.68. The number of hydrogen-bond donors (Lipinski definition) is 0. The van der Waals surface area contributed by atoms with Crippen LogP contribution in [0, 0.1) is 0 Å². The number of anilines is 2. The predicted molar refractivity (Wildman–Crippen MR) is 94.5 cm³/mol. The zero-order valence-electron chi connectivity index (χ0n) is 13.8. The molecule has 2 heterocycles. The van der Waals surface area contributed by atoms with Crippen molar-refractivity contribution < 1.29 is 13.2 Å². The average Bonchev–Trinajstić information content (AvgIpc) is 2.91. The highest BCUT2D eigenvalue weighted by Crippen LogP contribution is 2.39. The highest BCUT2D eigenvalue weighted by molar-refractivity contribution is 7.92. The quantitative estimate of drug-likeness (QED) is 0.840. The number of likely N-dealkylation sites (N-methyl/N-ethyl adjacent to an activating group) is 1. The summed E-state index contributed by atoms with van der Waals surface area (Å²) in [6.45, 7) is 3.32. The van der Waals surface area contributed by atoms with Gasteiger partial charge in [-0.3, -0.25) is 4.31 Å². The Morgan fingerprint density at radius 2 is 1.92 bits per heavy atom. The highest BCUT2D eigenvalue weighted by Gasteiger charge is 2.36. The minimum Gasteiger partial charge on any atom is -0.490 e. The number of sulfonamides is 1. The Balaban J connectivity index is 1.80. The van der Waals surface area contributed by atoms with Crippen LogP contribution >= 0.6 is 0 Å². The molecule has 126 valence electrons. The Hall–Kier alpha value is -2.21. The highest BCUT2D eigenvalue weighted by atomic mass is 32.2. The van der Waals surface area contributed by atoms with Gasteiger partial charge >= 0.3 is 0 Å². The summed E-state index contributed by atoms with van der Waals surface area (Å²) in [5, 5.41) is 0. The number of para-hydroxylation sites is 1. The fraction of sp³-hybridized carbons (Fsp3) is 0.333. The lowest BCUT2D eigenvalue weighted by Crippen LogP contribution is -2.36. The average molecular weight is 344 g/mol.